The molecule has 29 heavy (non-hydrogen) atoms. The van der Waals surface area contributed by atoms with Crippen molar-refractivity contribution in [3.05, 3.63) is 29.6 Å². The zero-order valence-corrected chi connectivity index (χ0v) is 17.3. The Hall–Kier alpha value is -2.91. The maximum absolute atomic E-state index is 13.1. The van der Waals surface area contributed by atoms with Crippen LogP contribution in [0.2, 0.25) is 0 Å². The molecule has 2 aliphatic heterocycles. The number of aromatic amines is 1. The number of rotatable bonds is 4. The van der Waals surface area contributed by atoms with E-state index in [1.54, 1.807) is 10.7 Å². The quantitative estimate of drug-likeness (QED) is 0.787. The molecule has 0 saturated carbocycles. The van der Waals surface area contributed by atoms with Crippen molar-refractivity contribution in [1.82, 2.24) is 40.1 Å². The van der Waals surface area contributed by atoms with Crippen LogP contribution in [-0.4, -0.2) is 78.9 Å². The van der Waals surface area contributed by atoms with Gasteiger partial charge in [-0.1, -0.05) is 0 Å². The fraction of sp³-hybridized carbons (Fsp3) is 0.632. The van der Waals surface area contributed by atoms with Crippen LogP contribution >= 0.6 is 0 Å². The Labute approximate surface area is 169 Å². The summed E-state index contributed by atoms with van der Waals surface area (Å²) in [5.41, 5.74) is -0.0234. The Bertz CT molecular complexity index is 919. The highest BCUT2D eigenvalue weighted by atomic mass is 16.2. The van der Waals surface area contributed by atoms with E-state index in [0.717, 1.165) is 12.4 Å². The van der Waals surface area contributed by atoms with Crippen LogP contribution < -0.4 is 5.32 Å². The maximum Gasteiger partial charge on any atom is 0.317 e. The van der Waals surface area contributed by atoms with Crippen LogP contribution in [0.3, 0.4) is 0 Å². The lowest BCUT2D eigenvalue weighted by Crippen LogP contribution is -2.46. The number of hydrogen-bond donors (Lipinski definition) is 2. The number of likely N-dealkylation sites (tertiary alicyclic amines) is 2. The molecule has 0 aliphatic carbocycles. The Balaban J connectivity index is 1.59. The summed E-state index contributed by atoms with van der Waals surface area (Å²) in [6.45, 7) is 10.5. The first-order valence-corrected chi connectivity index (χ1v) is 10.1. The topological polar surface area (TPSA) is 112 Å². The van der Waals surface area contributed by atoms with Crippen LogP contribution in [0.25, 0.3) is 0 Å². The van der Waals surface area contributed by atoms with Crippen molar-refractivity contribution in [2.75, 3.05) is 26.2 Å². The molecule has 2 saturated heterocycles. The van der Waals surface area contributed by atoms with Crippen molar-refractivity contribution in [2.24, 2.45) is 5.92 Å². The fourth-order valence-electron chi connectivity index (χ4n) is 4.41. The average Bonchev–Trinajstić information content (AvgIpc) is 3.42. The van der Waals surface area contributed by atoms with Crippen LogP contribution in [0.5, 0.6) is 0 Å². The number of carbonyl (C=O) groups excluding carboxylic acids is 2. The number of H-pyrrole nitrogens is 1. The summed E-state index contributed by atoms with van der Waals surface area (Å²) in [7, 11) is 0. The van der Waals surface area contributed by atoms with Crippen LogP contribution in [-0.2, 0) is 12.0 Å². The summed E-state index contributed by atoms with van der Waals surface area (Å²) in [6, 6.07) is 1.74. The number of nitrogens with one attached hydrogen (secondary N) is 2. The number of fused-ring (bicyclic) bond motifs is 1. The van der Waals surface area contributed by atoms with E-state index in [4.69, 9.17) is 0 Å². The SMILES string of the molecule is CCn1ccc(C(=O)N2C[C@@H]3CN(C(=O)NC(C)C)C[C@]3(c3n[nH]c(C)n3)C2)n1. The van der Waals surface area contributed by atoms with Crippen molar-refractivity contribution in [1.29, 1.82) is 0 Å². The number of aromatic nitrogens is 5. The highest BCUT2D eigenvalue weighted by Crippen LogP contribution is 2.44. The first kappa shape index (κ1) is 19.4. The van der Waals surface area contributed by atoms with E-state index < -0.39 is 5.41 Å². The molecule has 0 unspecified atom stereocenters. The second kappa shape index (κ2) is 7.16. The first-order chi connectivity index (χ1) is 13.8. The molecule has 4 heterocycles. The maximum atomic E-state index is 13.1. The summed E-state index contributed by atoms with van der Waals surface area (Å²) >= 11 is 0. The lowest BCUT2D eigenvalue weighted by Gasteiger charge is -2.27. The predicted molar refractivity (Wildman–Crippen MR) is 105 cm³/mol. The van der Waals surface area contributed by atoms with Gasteiger partial charge in [-0.15, -0.1) is 0 Å². The number of aryl methyl sites for hydroxylation is 2. The first-order valence-electron chi connectivity index (χ1n) is 10.1. The molecule has 4 rings (SSSR count). The van der Waals surface area contributed by atoms with E-state index in [1.807, 2.05) is 43.7 Å². The molecular formula is C19H28N8O2. The van der Waals surface area contributed by atoms with E-state index in [9.17, 15) is 9.59 Å². The van der Waals surface area contributed by atoms with Gasteiger partial charge in [0.25, 0.3) is 5.91 Å². The molecule has 2 atom stereocenters. The Kier molecular flexibility index (Phi) is 4.79. The van der Waals surface area contributed by atoms with E-state index in [-0.39, 0.29) is 23.9 Å². The highest BCUT2D eigenvalue weighted by molar-refractivity contribution is 5.92. The van der Waals surface area contributed by atoms with E-state index in [0.29, 0.717) is 37.7 Å². The molecule has 3 amide bonds. The zero-order chi connectivity index (χ0) is 20.8. The van der Waals surface area contributed by atoms with Gasteiger partial charge in [-0.25, -0.2) is 9.78 Å². The minimum Gasteiger partial charge on any atom is -0.336 e. The fourth-order valence-corrected chi connectivity index (χ4v) is 4.41. The van der Waals surface area contributed by atoms with Gasteiger partial charge in [0.1, 0.15) is 11.5 Å². The third kappa shape index (κ3) is 3.36. The molecule has 156 valence electrons. The minimum atomic E-state index is -0.470. The number of hydrogen-bond acceptors (Lipinski definition) is 5. The zero-order valence-electron chi connectivity index (χ0n) is 17.3. The van der Waals surface area contributed by atoms with E-state index >= 15 is 0 Å². The number of amides is 3. The minimum absolute atomic E-state index is 0.0661. The van der Waals surface area contributed by atoms with Gasteiger partial charge in [0.15, 0.2) is 5.82 Å². The van der Waals surface area contributed by atoms with Gasteiger partial charge in [0, 0.05) is 50.9 Å². The standard InChI is InChI=1S/C19H28N8O2/c1-5-27-7-6-15(24-27)16(28)25-8-14-9-26(18(29)20-12(2)3)11-19(14,10-25)17-21-13(4)22-23-17/h6-7,12,14H,5,8-11H2,1-4H3,(H,20,29)(H,21,22,23)/t14-,19-/m1/s1. The molecule has 10 nitrogen and oxygen atoms in total. The van der Waals surface area contributed by atoms with Crippen molar-refractivity contribution in [3.8, 4) is 0 Å². The molecule has 0 bridgehead atoms. The summed E-state index contributed by atoms with van der Waals surface area (Å²) < 4.78 is 1.75. The van der Waals surface area contributed by atoms with Crippen molar-refractivity contribution in [3.63, 3.8) is 0 Å². The van der Waals surface area contributed by atoms with Gasteiger partial charge in [0.2, 0.25) is 0 Å². The molecule has 0 radical (unpaired) electrons. The highest BCUT2D eigenvalue weighted by Gasteiger charge is 2.58. The van der Waals surface area contributed by atoms with Gasteiger partial charge >= 0.3 is 6.03 Å². The summed E-state index contributed by atoms with van der Waals surface area (Å²) in [4.78, 5) is 33.9. The van der Waals surface area contributed by atoms with Crippen LogP contribution in [0.15, 0.2) is 12.3 Å². The third-order valence-corrected chi connectivity index (χ3v) is 5.82. The molecule has 2 aromatic rings. The van der Waals surface area contributed by atoms with Crippen LogP contribution in [0.4, 0.5) is 4.79 Å². The third-order valence-electron chi connectivity index (χ3n) is 5.82. The molecule has 10 heteroatoms. The monoisotopic (exact) mass is 400 g/mol. The Morgan fingerprint density at radius 2 is 2.03 bits per heavy atom. The van der Waals surface area contributed by atoms with Gasteiger partial charge in [0.05, 0.1) is 5.41 Å². The van der Waals surface area contributed by atoms with Gasteiger partial charge in [-0.2, -0.15) is 10.2 Å². The molecular weight excluding hydrogens is 372 g/mol. The Morgan fingerprint density at radius 3 is 2.66 bits per heavy atom. The second-order valence-electron chi connectivity index (χ2n) is 8.32. The second-order valence-corrected chi connectivity index (χ2v) is 8.32. The average molecular weight is 400 g/mol. The molecule has 2 aliphatic rings. The summed E-state index contributed by atoms with van der Waals surface area (Å²) in [6.07, 6.45) is 1.82. The number of urea groups is 1. The van der Waals surface area contributed by atoms with Crippen LogP contribution in [0.1, 0.15) is 42.9 Å². The van der Waals surface area contributed by atoms with Crippen molar-refractivity contribution >= 4 is 11.9 Å². The van der Waals surface area contributed by atoms with E-state index in [2.05, 4.69) is 25.6 Å². The van der Waals surface area contributed by atoms with Crippen LogP contribution in [0, 0.1) is 12.8 Å². The van der Waals surface area contributed by atoms with Crippen molar-refractivity contribution < 1.29 is 9.59 Å². The summed E-state index contributed by atoms with van der Waals surface area (Å²) in [5, 5.41) is 14.7. The normalized spacial score (nSPS) is 23.7. The summed E-state index contributed by atoms with van der Waals surface area (Å²) in [5.74, 6) is 1.39. The van der Waals surface area contributed by atoms with E-state index in [1.165, 1.54) is 0 Å². The molecule has 2 N–H and O–H groups in total. The molecule has 2 aromatic heterocycles. The molecule has 0 aromatic carbocycles. The smallest absolute Gasteiger partial charge is 0.317 e. The number of carbonyl (C=O) groups is 2. The van der Waals surface area contributed by atoms with Crippen molar-refractivity contribution in [2.45, 2.75) is 45.7 Å². The molecule has 2 fully saturated rings. The lowest BCUT2D eigenvalue weighted by molar-refractivity contribution is 0.0766. The van der Waals surface area contributed by atoms with Gasteiger partial charge < -0.3 is 15.1 Å². The van der Waals surface area contributed by atoms with Gasteiger partial charge in [-0.05, 0) is 33.8 Å². The molecule has 0 spiro atoms. The lowest BCUT2D eigenvalue weighted by atomic mass is 9.80. The largest absolute Gasteiger partial charge is 0.336 e. The Morgan fingerprint density at radius 1 is 1.31 bits per heavy atom. The van der Waals surface area contributed by atoms with Gasteiger partial charge in [-0.3, -0.25) is 14.6 Å². The number of nitrogens with zero attached hydrogens (tertiary/aromatic N) is 6. The predicted octanol–water partition coefficient (Wildman–Crippen LogP) is 0.773.